The molecular weight excluding hydrogens is 504 g/mol. The zero-order valence-corrected chi connectivity index (χ0v) is 21.9. The van der Waals surface area contributed by atoms with Crippen LogP contribution in [0, 0.1) is 0 Å². The molecule has 0 bridgehead atoms. The van der Waals surface area contributed by atoms with Gasteiger partial charge in [0, 0.05) is 18.4 Å². The summed E-state index contributed by atoms with van der Waals surface area (Å²) in [7, 11) is 3.63. The molecule has 0 unspecified atom stereocenters. The minimum atomic E-state index is -0.508. The predicted octanol–water partition coefficient (Wildman–Crippen LogP) is 3.55. The molecule has 5 N–H and O–H groups in total. The van der Waals surface area contributed by atoms with E-state index in [2.05, 4.69) is 25.5 Å². The molecule has 4 aliphatic rings. The van der Waals surface area contributed by atoms with E-state index >= 15 is 0 Å². The number of fused-ring (bicyclic) bond motifs is 2. The second-order valence-corrected chi connectivity index (χ2v) is 10.4. The maximum atomic E-state index is 13.4. The minimum absolute atomic E-state index is 0.0867. The number of nitrogens with two attached hydrogens (primary N) is 1. The van der Waals surface area contributed by atoms with Crippen LogP contribution in [0.25, 0.3) is 11.4 Å². The van der Waals surface area contributed by atoms with Crippen LogP contribution in [0.1, 0.15) is 28.1 Å². The molecule has 12 heteroatoms. The fourth-order valence-corrected chi connectivity index (χ4v) is 5.96. The van der Waals surface area contributed by atoms with Crippen LogP contribution in [-0.2, 0) is 11.2 Å². The summed E-state index contributed by atoms with van der Waals surface area (Å²) >= 11 is 1.26. The van der Waals surface area contributed by atoms with Gasteiger partial charge in [-0.25, -0.2) is 4.98 Å². The Labute approximate surface area is 223 Å². The maximum absolute atomic E-state index is 13.4. The van der Waals surface area contributed by atoms with E-state index < -0.39 is 5.91 Å². The number of aromatic amines is 1. The molecule has 1 saturated heterocycles. The lowest BCUT2D eigenvalue weighted by molar-refractivity contribution is -0.122. The summed E-state index contributed by atoms with van der Waals surface area (Å²) in [5.74, 6) is 1.82. The second-order valence-electron chi connectivity index (χ2n) is 9.48. The number of thiophene rings is 1. The zero-order chi connectivity index (χ0) is 26.4. The van der Waals surface area contributed by atoms with Crippen molar-refractivity contribution in [3.63, 3.8) is 0 Å². The standard InChI is InChI=1S/C26H28N8O3S/c1-33-9-3-4-18(33)25(36)34-10-6-14-12-20(37-2)17(13-19(14)34)30-26-31-23-15(5-8-28-23)24(32-26)29-16-7-11-38-21(16)22(27)35/h5,7-8,11-13,18H,3-4,6,9-10H2,1-2H3,(H2,27,35)(H3,28,29,30,31,32)/t18-/m1/s1. The molecule has 2 aromatic rings. The summed E-state index contributed by atoms with van der Waals surface area (Å²) in [6, 6.07) is 7.46. The number of hydrogen-bond donors (Lipinski definition) is 4. The lowest BCUT2D eigenvalue weighted by Gasteiger charge is -2.26. The van der Waals surface area contributed by atoms with Crippen LogP contribution in [0.5, 0.6) is 5.75 Å². The van der Waals surface area contributed by atoms with E-state index in [9.17, 15) is 9.59 Å². The van der Waals surface area contributed by atoms with E-state index in [0.717, 1.165) is 42.6 Å². The number of carbonyl (C=O) groups is 2. The molecule has 6 rings (SSSR count). The number of aromatic nitrogens is 3. The van der Waals surface area contributed by atoms with Crippen LogP contribution < -0.4 is 26.0 Å². The first-order valence-corrected chi connectivity index (χ1v) is 13.3. The van der Waals surface area contributed by atoms with Crippen LogP contribution in [0.3, 0.4) is 0 Å². The van der Waals surface area contributed by atoms with Crippen LogP contribution in [0.4, 0.5) is 28.8 Å². The van der Waals surface area contributed by atoms with Gasteiger partial charge >= 0.3 is 0 Å². The molecule has 1 aromatic carbocycles. The molecule has 38 heavy (non-hydrogen) atoms. The molecular formula is C26H28N8O3S. The first kappa shape index (κ1) is 24.2. The van der Waals surface area contributed by atoms with E-state index in [1.807, 2.05) is 30.1 Å². The fraction of sp³-hybridized carbons (Fsp3) is 0.308. The number of ether oxygens (including phenoxy) is 1. The van der Waals surface area contributed by atoms with Gasteiger partial charge in [-0.3, -0.25) is 14.5 Å². The van der Waals surface area contributed by atoms with Gasteiger partial charge in [0.2, 0.25) is 11.9 Å². The predicted molar refractivity (Wildman–Crippen MR) is 147 cm³/mol. The lowest BCUT2D eigenvalue weighted by atomic mass is 10.1. The topological polar surface area (TPSA) is 142 Å². The van der Waals surface area contributed by atoms with Crippen LogP contribution >= 0.6 is 11.3 Å². The van der Waals surface area contributed by atoms with E-state index in [0.29, 0.717) is 46.1 Å². The van der Waals surface area contributed by atoms with Gasteiger partial charge < -0.3 is 31.0 Å². The number of hydrogen-bond acceptors (Lipinski definition) is 9. The van der Waals surface area contributed by atoms with E-state index in [-0.39, 0.29) is 11.9 Å². The van der Waals surface area contributed by atoms with E-state index in [1.54, 1.807) is 24.8 Å². The number of nitrogens with zero attached hydrogens (tertiary/aromatic N) is 4. The first-order chi connectivity index (χ1) is 18.4. The van der Waals surface area contributed by atoms with Gasteiger partial charge in [-0.2, -0.15) is 4.98 Å². The summed E-state index contributed by atoms with van der Waals surface area (Å²) in [6.45, 7) is 1.59. The van der Waals surface area contributed by atoms with Crippen molar-refractivity contribution in [2.24, 2.45) is 5.73 Å². The third kappa shape index (κ3) is 4.21. The Morgan fingerprint density at radius 1 is 1.21 bits per heavy atom. The molecule has 2 amide bonds. The molecule has 0 aliphatic carbocycles. The molecule has 1 aromatic heterocycles. The summed E-state index contributed by atoms with van der Waals surface area (Å²) in [5.41, 5.74) is 9.49. The van der Waals surface area contributed by atoms with Crippen LogP contribution in [0.15, 0.2) is 35.8 Å². The number of benzene rings is 1. The van der Waals surface area contributed by atoms with Crippen molar-refractivity contribution < 1.29 is 14.3 Å². The highest BCUT2D eigenvalue weighted by Crippen LogP contribution is 2.40. The average Bonchev–Trinajstić information content (AvgIpc) is 3.70. The highest BCUT2D eigenvalue weighted by atomic mass is 32.1. The summed E-state index contributed by atoms with van der Waals surface area (Å²) < 4.78 is 5.69. The largest absolute Gasteiger partial charge is 0.495 e. The highest BCUT2D eigenvalue weighted by molar-refractivity contribution is 7.12. The van der Waals surface area contributed by atoms with Gasteiger partial charge in [-0.05, 0) is 68.1 Å². The Bertz CT molecular complexity index is 1500. The van der Waals surface area contributed by atoms with E-state index in [1.165, 1.54) is 11.3 Å². The summed E-state index contributed by atoms with van der Waals surface area (Å²) in [4.78, 5) is 42.0. The van der Waals surface area contributed by atoms with Gasteiger partial charge in [0.05, 0.1) is 30.1 Å². The number of methoxy groups -OCH3 is 1. The minimum Gasteiger partial charge on any atom is -0.495 e. The molecule has 1 atom stereocenters. The third-order valence-corrected chi connectivity index (χ3v) is 8.11. The average molecular weight is 533 g/mol. The molecule has 5 heterocycles. The molecule has 4 aliphatic heterocycles. The van der Waals surface area contributed by atoms with Crippen molar-refractivity contribution in [2.75, 3.05) is 42.8 Å². The highest BCUT2D eigenvalue weighted by Gasteiger charge is 2.35. The molecule has 196 valence electrons. The van der Waals surface area contributed by atoms with Crippen molar-refractivity contribution in [2.45, 2.75) is 25.3 Å². The number of amides is 2. The number of likely N-dealkylation sites (tertiary alicyclic amines) is 1. The Kier molecular flexibility index (Phi) is 6.12. The Balaban J connectivity index is 1.34. The molecule has 0 spiro atoms. The van der Waals surface area contributed by atoms with Crippen molar-refractivity contribution in [1.29, 1.82) is 0 Å². The Morgan fingerprint density at radius 3 is 2.84 bits per heavy atom. The Morgan fingerprint density at radius 2 is 2.08 bits per heavy atom. The third-order valence-electron chi connectivity index (χ3n) is 7.18. The second kappa shape index (κ2) is 9.62. The normalized spacial score (nSPS) is 17.1. The van der Waals surface area contributed by atoms with Crippen molar-refractivity contribution in [3.8, 4) is 17.1 Å². The number of carbonyl (C=O) groups excluding carboxylic acids is 2. The fourth-order valence-electron chi connectivity index (χ4n) is 5.26. The molecule has 1 fully saturated rings. The number of likely N-dealkylation sites (N-methyl/N-ethyl adjacent to an activating group) is 1. The van der Waals surface area contributed by atoms with Gasteiger partial charge in [0.15, 0.2) is 0 Å². The smallest absolute Gasteiger partial charge is 0.260 e. The SMILES string of the molecule is COc1cc2c(cc1Nc1nc(Nc3ccsc3C(N)=O)c3ccnc-3[nH]1)N(C(=O)[C@H]1CCCN1C)CC2. The van der Waals surface area contributed by atoms with Gasteiger partial charge in [0.1, 0.15) is 22.3 Å². The van der Waals surface area contributed by atoms with Gasteiger partial charge in [0.25, 0.3) is 5.91 Å². The number of H-pyrrole nitrogens is 1. The van der Waals surface area contributed by atoms with Crippen LogP contribution in [-0.4, -0.2) is 65.0 Å². The number of nitrogens with one attached hydrogen (secondary N) is 3. The van der Waals surface area contributed by atoms with Gasteiger partial charge in [-0.1, -0.05) is 0 Å². The first-order valence-electron chi connectivity index (χ1n) is 12.4. The number of primary amides is 1. The van der Waals surface area contributed by atoms with E-state index in [4.69, 9.17) is 15.5 Å². The van der Waals surface area contributed by atoms with Crippen molar-refractivity contribution >= 4 is 52.0 Å². The zero-order valence-electron chi connectivity index (χ0n) is 21.1. The monoisotopic (exact) mass is 532 g/mol. The summed E-state index contributed by atoms with van der Waals surface area (Å²) in [5, 5.41) is 8.34. The molecule has 11 nitrogen and oxygen atoms in total. The number of anilines is 5. The maximum Gasteiger partial charge on any atom is 0.260 e. The molecule has 0 saturated carbocycles. The van der Waals surface area contributed by atoms with Gasteiger partial charge in [-0.15, -0.1) is 11.3 Å². The van der Waals surface area contributed by atoms with Crippen LogP contribution in [0.2, 0.25) is 0 Å². The Hall–Kier alpha value is -4.16. The number of rotatable bonds is 7. The van der Waals surface area contributed by atoms with Crippen molar-refractivity contribution in [3.05, 3.63) is 46.3 Å². The van der Waals surface area contributed by atoms with Crippen molar-refractivity contribution in [1.82, 2.24) is 19.9 Å². The summed E-state index contributed by atoms with van der Waals surface area (Å²) in [6.07, 6.45) is 4.37. The quantitative estimate of drug-likeness (QED) is 0.283. The molecule has 0 radical (unpaired) electrons. The lowest BCUT2D eigenvalue weighted by Crippen LogP contribution is -2.43.